The van der Waals surface area contributed by atoms with Crippen LogP contribution >= 0.6 is 0 Å². The summed E-state index contributed by atoms with van der Waals surface area (Å²) in [6.07, 6.45) is 0. The number of hydrogen-bond donors (Lipinski definition) is 0. The second-order valence-corrected chi connectivity index (χ2v) is 3.37. The van der Waals surface area contributed by atoms with Crippen LogP contribution in [-0.4, -0.2) is 12.1 Å². The molecule has 0 saturated carbocycles. The van der Waals surface area contributed by atoms with E-state index in [0.29, 0.717) is 11.3 Å². The average molecular weight is 228 g/mol. The Morgan fingerprint density at radius 3 is 2.47 bits per heavy atom. The first-order valence-corrected chi connectivity index (χ1v) is 4.95. The van der Waals surface area contributed by atoms with E-state index in [0.717, 1.165) is 5.56 Å². The van der Waals surface area contributed by atoms with E-state index in [2.05, 4.69) is 4.98 Å². The number of benzene rings is 1. The first kappa shape index (κ1) is 11.1. The van der Waals surface area contributed by atoms with E-state index in [1.54, 1.807) is 24.3 Å². The van der Waals surface area contributed by atoms with Crippen molar-refractivity contribution in [2.45, 2.75) is 0 Å². The van der Waals surface area contributed by atoms with Crippen molar-refractivity contribution in [3.8, 4) is 23.2 Å². The van der Waals surface area contributed by atoms with Crippen LogP contribution < -0.4 is 4.74 Å². The number of nitriles is 1. The maximum atomic E-state index is 12.8. The molecule has 0 aliphatic rings. The number of hydrogen-bond acceptors (Lipinski definition) is 3. The summed E-state index contributed by atoms with van der Waals surface area (Å²) in [5.74, 6) is -0.0244. The number of methoxy groups -OCH3 is 1. The molecule has 0 amide bonds. The van der Waals surface area contributed by atoms with Crippen LogP contribution in [0.3, 0.4) is 0 Å². The molecule has 0 aliphatic carbocycles. The van der Waals surface area contributed by atoms with E-state index in [1.807, 2.05) is 6.07 Å². The van der Waals surface area contributed by atoms with E-state index in [4.69, 9.17) is 10.00 Å². The Balaban J connectivity index is 2.47. The van der Waals surface area contributed by atoms with E-state index in [1.165, 1.54) is 19.2 Å². The summed E-state index contributed by atoms with van der Waals surface area (Å²) in [5, 5.41) is 8.83. The summed E-state index contributed by atoms with van der Waals surface area (Å²) in [7, 11) is 1.46. The first-order chi connectivity index (χ1) is 8.24. The van der Waals surface area contributed by atoms with Gasteiger partial charge in [-0.1, -0.05) is 0 Å². The van der Waals surface area contributed by atoms with Gasteiger partial charge in [-0.3, -0.25) is 0 Å². The van der Waals surface area contributed by atoms with Crippen molar-refractivity contribution in [2.24, 2.45) is 0 Å². The van der Waals surface area contributed by atoms with Crippen LogP contribution in [0.25, 0.3) is 11.3 Å². The fourth-order valence-corrected chi connectivity index (χ4v) is 1.46. The van der Waals surface area contributed by atoms with Crippen LogP contribution in [-0.2, 0) is 0 Å². The molecule has 4 heteroatoms. The Labute approximate surface area is 98.1 Å². The summed E-state index contributed by atoms with van der Waals surface area (Å²) >= 11 is 0. The third kappa shape index (κ3) is 2.23. The molecule has 0 aliphatic heterocycles. The highest BCUT2D eigenvalue weighted by Gasteiger charge is 2.07. The molecule has 1 heterocycles. The van der Waals surface area contributed by atoms with Crippen molar-refractivity contribution in [3.05, 3.63) is 47.8 Å². The second kappa shape index (κ2) is 4.62. The quantitative estimate of drug-likeness (QED) is 0.793. The lowest BCUT2D eigenvalue weighted by Gasteiger charge is -2.05. The Kier molecular flexibility index (Phi) is 3.01. The van der Waals surface area contributed by atoms with Gasteiger partial charge in [0.25, 0.3) is 0 Å². The third-order valence-corrected chi connectivity index (χ3v) is 2.31. The standard InChI is InChI=1S/C13H9FN2O/c1-17-13-10(8-15)4-7-12(16-13)9-2-5-11(14)6-3-9/h2-7H,1H3. The van der Waals surface area contributed by atoms with E-state index >= 15 is 0 Å². The third-order valence-electron chi connectivity index (χ3n) is 2.31. The SMILES string of the molecule is COc1nc(-c2ccc(F)cc2)ccc1C#N. The molecule has 84 valence electrons. The van der Waals surface area contributed by atoms with Gasteiger partial charge < -0.3 is 4.74 Å². The van der Waals surface area contributed by atoms with Crippen LogP contribution in [0.4, 0.5) is 4.39 Å². The maximum Gasteiger partial charge on any atom is 0.231 e. The molecule has 0 unspecified atom stereocenters. The normalized spacial score (nSPS) is 9.71. The van der Waals surface area contributed by atoms with Gasteiger partial charge in [0, 0.05) is 5.56 Å². The Morgan fingerprint density at radius 1 is 1.18 bits per heavy atom. The average Bonchev–Trinajstić information content (AvgIpc) is 2.39. The number of ether oxygens (including phenoxy) is 1. The zero-order valence-corrected chi connectivity index (χ0v) is 9.14. The Hall–Kier alpha value is -2.41. The molecule has 17 heavy (non-hydrogen) atoms. The smallest absolute Gasteiger partial charge is 0.231 e. The lowest BCUT2D eigenvalue weighted by atomic mass is 10.1. The van der Waals surface area contributed by atoms with Gasteiger partial charge in [0.15, 0.2) is 0 Å². The van der Waals surface area contributed by atoms with Gasteiger partial charge in [-0.25, -0.2) is 9.37 Å². The van der Waals surface area contributed by atoms with Crippen LogP contribution in [0.5, 0.6) is 5.88 Å². The van der Waals surface area contributed by atoms with Crippen molar-refractivity contribution in [1.82, 2.24) is 4.98 Å². The zero-order chi connectivity index (χ0) is 12.3. The summed E-state index contributed by atoms with van der Waals surface area (Å²) in [4.78, 5) is 4.19. The maximum absolute atomic E-state index is 12.8. The number of aromatic nitrogens is 1. The van der Waals surface area contributed by atoms with Crippen LogP contribution in [0.15, 0.2) is 36.4 Å². The highest BCUT2D eigenvalue weighted by molar-refractivity contribution is 5.61. The molecule has 0 atom stereocenters. The van der Waals surface area contributed by atoms with Crippen LogP contribution in [0.2, 0.25) is 0 Å². The molecule has 0 saturated heterocycles. The molecule has 0 spiro atoms. The first-order valence-electron chi connectivity index (χ1n) is 4.95. The minimum atomic E-state index is -0.297. The predicted octanol–water partition coefficient (Wildman–Crippen LogP) is 2.77. The van der Waals surface area contributed by atoms with E-state index in [9.17, 15) is 4.39 Å². The van der Waals surface area contributed by atoms with Gasteiger partial charge in [0.2, 0.25) is 5.88 Å². The lowest BCUT2D eigenvalue weighted by molar-refractivity contribution is 0.397. The van der Waals surface area contributed by atoms with Crippen molar-refractivity contribution in [1.29, 1.82) is 5.26 Å². The lowest BCUT2D eigenvalue weighted by Crippen LogP contribution is -1.93. The summed E-state index contributed by atoms with van der Waals surface area (Å²) in [6.45, 7) is 0. The zero-order valence-electron chi connectivity index (χ0n) is 9.14. The Bertz CT molecular complexity index is 573. The number of pyridine rings is 1. The molecule has 0 bridgehead atoms. The summed E-state index contributed by atoms with van der Waals surface area (Å²) in [6, 6.07) is 11.3. The molecular formula is C13H9FN2O. The van der Waals surface area contributed by atoms with E-state index < -0.39 is 0 Å². The fourth-order valence-electron chi connectivity index (χ4n) is 1.46. The molecule has 0 radical (unpaired) electrons. The van der Waals surface area contributed by atoms with Crippen molar-refractivity contribution in [2.75, 3.05) is 7.11 Å². The van der Waals surface area contributed by atoms with Gasteiger partial charge in [0.1, 0.15) is 17.4 Å². The largest absolute Gasteiger partial charge is 0.480 e. The van der Waals surface area contributed by atoms with Crippen molar-refractivity contribution >= 4 is 0 Å². The van der Waals surface area contributed by atoms with Gasteiger partial charge >= 0.3 is 0 Å². The highest BCUT2D eigenvalue weighted by atomic mass is 19.1. The summed E-state index contributed by atoms with van der Waals surface area (Å²) < 4.78 is 17.8. The molecule has 3 nitrogen and oxygen atoms in total. The van der Waals surface area contributed by atoms with Crippen molar-refractivity contribution < 1.29 is 9.13 Å². The van der Waals surface area contributed by atoms with Gasteiger partial charge in [-0.05, 0) is 36.4 Å². The number of nitrogens with zero attached hydrogens (tertiary/aromatic N) is 2. The van der Waals surface area contributed by atoms with Gasteiger partial charge in [-0.15, -0.1) is 0 Å². The molecule has 1 aromatic heterocycles. The number of halogens is 1. The Morgan fingerprint density at radius 2 is 1.88 bits per heavy atom. The molecule has 0 fully saturated rings. The minimum absolute atomic E-state index is 0.273. The van der Waals surface area contributed by atoms with Crippen LogP contribution in [0.1, 0.15) is 5.56 Å². The predicted molar refractivity (Wildman–Crippen MR) is 60.9 cm³/mol. The van der Waals surface area contributed by atoms with Crippen LogP contribution in [0, 0.1) is 17.1 Å². The molecule has 2 aromatic rings. The molecular weight excluding hydrogens is 219 g/mol. The number of rotatable bonds is 2. The topological polar surface area (TPSA) is 45.9 Å². The molecule has 1 aromatic carbocycles. The molecule has 0 N–H and O–H groups in total. The highest BCUT2D eigenvalue weighted by Crippen LogP contribution is 2.22. The van der Waals surface area contributed by atoms with Gasteiger partial charge in [-0.2, -0.15) is 5.26 Å². The van der Waals surface area contributed by atoms with Gasteiger partial charge in [0.05, 0.1) is 12.8 Å². The monoisotopic (exact) mass is 228 g/mol. The second-order valence-electron chi connectivity index (χ2n) is 3.37. The van der Waals surface area contributed by atoms with Crippen molar-refractivity contribution in [3.63, 3.8) is 0 Å². The minimum Gasteiger partial charge on any atom is -0.480 e. The fraction of sp³-hybridized carbons (Fsp3) is 0.0769. The molecule has 2 rings (SSSR count). The van der Waals surface area contributed by atoms with E-state index in [-0.39, 0.29) is 11.7 Å². The summed E-state index contributed by atoms with van der Waals surface area (Å²) in [5.41, 5.74) is 1.79.